The SMILES string of the molecule is CC(C)(C)OCC(N)Cc1cc(Cl)ccc1Cl. The molecule has 1 atom stereocenters. The van der Waals surface area contributed by atoms with Crippen LogP contribution in [0.2, 0.25) is 10.0 Å². The van der Waals surface area contributed by atoms with E-state index in [1.807, 2.05) is 26.8 Å². The van der Waals surface area contributed by atoms with Gasteiger partial charge in [0.2, 0.25) is 0 Å². The van der Waals surface area contributed by atoms with E-state index in [1.54, 1.807) is 12.1 Å². The molecule has 4 heteroatoms. The lowest BCUT2D eigenvalue weighted by atomic mass is 10.1. The molecule has 0 saturated heterocycles. The van der Waals surface area contributed by atoms with Crippen molar-refractivity contribution in [3.05, 3.63) is 33.8 Å². The van der Waals surface area contributed by atoms with Gasteiger partial charge in [0.25, 0.3) is 0 Å². The highest BCUT2D eigenvalue weighted by atomic mass is 35.5. The zero-order valence-corrected chi connectivity index (χ0v) is 12.0. The van der Waals surface area contributed by atoms with Crippen LogP contribution in [-0.4, -0.2) is 18.2 Å². The van der Waals surface area contributed by atoms with Crippen LogP contribution in [-0.2, 0) is 11.2 Å². The van der Waals surface area contributed by atoms with E-state index < -0.39 is 0 Å². The minimum atomic E-state index is -0.171. The third-order valence-electron chi connectivity index (χ3n) is 2.22. The molecule has 17 heavy (non-hydrogen) atoms. The van der Waals surface area contributed by atoms with Crippen LogP contribution < -0.4 is 5.73 Å². The lowest BCUT2D eigenvalue weighted by Gasteiger charge is -2.22. The minimum Gasteiger partial charge on any atom is -0.374 e. The summed E-state index contributed by atoms with van der Waals surface area (Å²) < 4.78 is 5.63. The van der Waals surface area contributed by atoms with Gasteiger partial charge in [0.05, 0.1) is 12.2 Å². The Labute approximate surface area is 113 Å². The van der Waals surface area contributed by atoms with Gasteiger partial charge < -0.3 is 10.5 Å². The highest BCUT2D eigenvalue weighted by Crippen LogP contribution is 2.22. The fraction of sp³-hybridized carbons (Fsp3) is 0.538. The molecule has 96 valence electrons. The first-order valence-corrected chi connectivity index (χ1v) is 6.37. The molecule has 0 spiro atoms. The smallest absolute Gasteiger partial charge is 0.0627 e. The van der Waals surface area contributed by atoms with E-state index in [0.717, 1.165) is 5.56 Å². The van der Waals surface area contributed by atoms with Crippen LogP contribution in [0.1, 0.15) is 26.3 Å². The summed E-state index contributed by atoms with van der Waals surface area (Å²) in [6, 6.07) is 5.33. The molecule has 1 aromatic rings. The highest BCUT2D eigenvalue weighted by Gasteiger charge is 2.14. The quantitative estimate of drug-likeness (QED) is 0.910. The van der Waals surface area contributed by atoms with Crippen molar-refractivity contribution < 1.29 is 4.74 Å². The molecule has 1 aromatic carbocycles. The van der Waals surface area contributed by atoms with E-state index >= 15 is 0 Å². The Bertz CT molecular complexity index is 374. The predicted octanol–water partition coefficient (Wildman–Crippen LogP) is 3.68. The molecular formula is C13H19Cl2NO. The van der Waals surface area contributed by atoms with Crippen molar-refractivity contribution in [3.63, 3.8) is 0 Å². The normalized spacial score (nSPS) is 13.8. The van der Waals surface area contributed by atoms with Crippen LogP contribution in [0, 0.1) is 0 Å². The summed E-state index contributed by atoms with van der Waals surface area (Å²) in [5, 5.41) is 1.37. The fourth-order valence-electron chi connectivity index (χ4n) is 1.40. The van der Waals surface area contributed by atoms with Gasteiger partial charge in [0.1, 0.15) is 0 Å². The monoisotopic (exact) mass is 275 g/mol. The molecule has 1 unspecified atom stereocenters. The Morgan fingerprint density at radius 3 is 2.53 bits per heavy atom. The van der Waals surface area contributed by atoms with Gasteiger partial charge >= 0.3 is 0 Å². The van der Waals surface area contributed by atoms with Gasteiger partial charge in [0, 0.05) is 16.1 Å². The Morgan fingerprint density at radius 1 is 1.29 bits per heavy atom. The number of halogens is 2. The standard InChI is InChI=1S/C13H19Cl2NO/c1-13(2,3)17-8-11(16)7-9-6-10(14)4-5-12(9)15/h4-6,11H,7-8,16H2,1-3H3. The number of hydrogen-bond acceptors (Lipinski definition) is 2. The summed E-state index contributed by atoms with van der Waals surface area (Å²) in [7, 11) is 0. The summed E-state index contributed by atoms with van der Waals surface area (Å²) in [4.78, 5) is 0. The minimum absolute atomic E-state index is 0.0785. The molecule has 0 aromatic heterocycles. The summed E-state index contributed by atoms with van der Waals surface area (Å²) in [5.74, 6) is 0. The molecule has 0 fully saturated rings. The van der Waals surface area contributed by atoms with Crippen molar-refractivity contribution in [3.8, 4) is 0 Å². The molecule has 0 aliphatic rings. The third kappa shape index (κ3) is 5.73. The Balaban J connectivity index is 2.56. The lowest BCUT2D eigenvalue weighted by Crippen LogP contribution is -2.33. The van der Waals surface area contributed by atoms with E-state index in [1.165, 1.54) is 0 Å². The van der Waals surface area contributed by atoms with Crippen molar-refractivity contribution >= 4 is 23.2 Å². The van der Waals surface area contributed by atoms with Gasteiger partial charge in [0.15, 0.2) is 0 Å². The van der Waals surface area contributed by atoms with Crippen LogP contribution in [0.3, 0.4) is 0 Å². The van der Waals surface area contributed by atoms with Crippen molar-refractivity contribution in [2.75, 3.05) is 6.61 Å². The number of nitrogens with two attached hydrogens (primary N) is 1. The molecule has 0 aliphatic heterocycles. The topological polar surface area (TPSA) is 35.2 Å². The van der Waals surface area contributed by atoms with Gasteiger partial charge in [-0.15, -0.1) is 0 Å². The largest absolute Gasteiger partial charge is 0.374 e. The van der Waals surface area contributed by atoms with E-state index in [9.17, 15) is 0 Å². The van der Waals surface area contributed by atoms with Crippen molar-refractivity contribution in [2.24, 2.45) is 5.73 Å². The second-order valence-electron chi connectivity index (χ2n) is 5.12. The summed E-state index contributed by atoms with van der Waals surface area (Å²) in [5.41, 5.74) is 6.80. The van der Waals surface area contributed by atoms with Gasteiger partial charge in [-0.2, -0.15) is 0 Å². The maximum atomic E-state index is 6.08. The number of benzene rings is 1. The van der Waals surface area contributed by atoms with Gasteiger partial charge in [-0.05, 0) is 51.0 Å². The molecule has 2 N–H and O–H groups in total. The highest BCUT2D eigenvalue weighted by molar-refractivity contribution is 6.33. The zero-order valence-electron chi connectivity index (χ0n) is 10.5. The molecule has 0 heterocycles. The van der Waals surface area contributed by atoms with Crippen LogP contribution >= 0.6 is 23.2 Å². The fourth-order valence-corrected chi connectivity index (χ4v) is 1.79. The lowest BCUT2D eigenvalue weighted by molar-refractivity contribution is -0.00982. The van der Waals surface area contributed by atoms with E-state index in [0.29, 0.717) is 23.1 Å². The Morgan fingerprint density at radius 2 is 1.94 bits per heavy atom. The third-order valence-corrected chi connectivity index (χ3v) is 2.82. The first-order chi connectivity index (χ1) is 7.78. The van der Waals surface area contributed by atoms with E-state index in [2.05, 4.69) is 0 Å². The average molecular weight is 276 g/mol. The second kappa shape index (κ2) is 6.05. The predicted molar refractivity (Wildman–Crippen MR) is 73.8 cm³/mol. The molecule has 1 rings (SSSR count). The molecular weight excluding hydrogens is 257 g/mol. The number of hydrogen-bond donors (Lipinski definition) is 1. The molecule has 0 aliphatic carbocycles. The van der Waals surface area contributed by atoms with Crippen LogP contribution in [0.5, 0.6) is 0 Å². The summed E-state index contributed by atoms with van der Waals surface area (Å²) >= 11 is 12.0. The second-order valence-corrected chi connectivity index (χ2v) is 5.97. The number of rotatable bonds is 4. The molecule has 0 radical (unpaired) electrons. The van der Waals surface area contributed by atoms with E-state index in [-0.39, 0.29) is 11.6 Å². The zero-order chi connectivity index (χ0) is 13.1. The summed E-state index contributed by atoms with van der Waals surface area (Å²) in [6.45, 7) is 6.52. The molecule has 0 amide bonds. The van der Waals surface area contributed by atoms with Crippen LogP contribution in [0.15, 0.2) is 18.2 Å². The molecule has 0 bridgehead atoms. The first kappa shape index (κ1) is 14.8. The van der Waals surface area contributed by atoms with Gasteiger partial charge in [-0.1, -0.05) is 23.2 Å². The maximum Gasteiger partial charge on any atom is 0.0627 e. The van der Waals surface area contributed by atoms with Crippen LogP contribution in [0.25, 0.3) is 0 Å². The van der Waals surface area contributed by atoms with Crippen molar-refractivity contribution in [1.29, 1.82) is 0 Å². The van der Waals surface area contributed by atoms with Crippen molar-refractivity contribution in [1.82, 2.24) is 0 Å². The Hall–Kier alpha value is -0.280. The van der Waals surface area contributed by atoms with Gasteiger partial charge in [-0.25, -0.2) is 0 Å². The summed E-state index contributed by atoms with van der Waals surface area (Å²) in [6.07, 6.45) is 0.662. The molecule has 0 saturated carbocycles. The molecule has 2 nitrogen and oxygen atoms in total. The maximum absolute atomic E-state index is 6.08. The van der Waals surface area contributed by atoms with Gasteiger partial charge in [-0.3, -0.25) is 0 Å². The first-order valence-electron chi connectivity index (χ1n) is 5.61. The average Bonchev–Trinajstić information content (AvgIpc) is 2.20. The number of ether oxygens (including phenoxy) is 1. The van der Waals surface area contributed by atoms with Crippen molar-refractivity contribution in [2.45, 2.75) is 38.8 Å². The van der Waals surface area contributed by atoms with Crippen LogP contribution in [0.4, 0.5) is 0 Å². The van der Waals surface area contributed by atoms with E-state index in [4.69, 9.17) is 33.7 Å². The Kier molecular flexibility index (Phi) is 5.26.